The molecule has 3 aromatic rings. The van der Waals surface area contributed by atoms with E-state index in [0.29, 0.717) is 13.1 Å². The number of carbonyl (C=O) groups excluding carboxylic acids is 1. The van der Waals surface area contributed by atoms with E-state index >= 15 is 0 Å². The Balaban J connectivity index is 1.52. The summed E-state index contributed by atoms with van der Waals surface area (Å²) < 4.78 is 1.55. The highest BCUT2D eigenvalue weighted by atomic mass is 32.1. The van der Waals surface area contributed by atoms with Gasteiger partial charge in [0.05, 0.1) is 17.3 Å². The van der Waals surface area contributed by atoms with E-state index in [9.17, 15) is 9.59 Å². The molecule has 1 fully saturated rings. The van der Waals surface area contributed by atoms with Crippen molar-refractivity contribution < 1.29 is 4.79 Å². The van der Waals surface area contributed by atoms with Crippen LogP contribution in [0.5, 0.6) is 0 Å². The number of piperidine rings is 1. The maximum absolute atomic E-state index is 12.7. The number of rotatable bonds is 4. The van der Waals surface area contributed by atoms with Gasteiger partial charge in [-0.25, -0.2) is 4.68 Å². The summed E-state index contributed by atoms with van der Waals surface area (Å²) in [7, 11) is 0. The van der Waals surface area contributed by atoms with Gasteiger partial charge in [0.15, 0.2) is 0 Å². The minimum Gasteiger partial charge on any atom is -0.340 e. The lowest BCUT2D eigenvalue weighted by Crippen LogP contribution is -2.44. The number of likely N-dealkylation sites (tertiary alicyclic amines) is 1. The molecule has 27 heavy (non-hydrogen) atoms. The van der Waals surface area contributed by atoms with Crippen LogP contribution in [0.25, 0.3) is 10.6 Å². The van der Waals surface area contributed by atoms with Crippen molar-refractivity contribution in [2.45, 2.75) is 25.3 Å². The van der Waals surface area contributed by atoms with Gasteiger partial charge in [-0.2, -0.15) is 5.10 Å². The van der Waals surface area contributed by atoms with Gasteiger partial charge >= 0.3 is 0 Å². The van der Waals surface area contributed by atoms with Crippen LogP contribution in [0.3, 0.4) is 0 Å². The average molecular weight is 380 g/mol. The standard InChI is InChI=1S/C20H20N4O2S/c25-19-9-8-17(18-7-4-12-27-18)22-24(19)16-6-3-11-23(14-16)20(26)13-15-5-1-2-10-21-15/h1-2,4-5,7-10,12,16H,3,6,11,13-14H2/t16-/m0/s1. The Bertz CT molecular complexity index is 969. The molecular weight excluding hydrogens is 360 g/mol. The lowest BCUT2D eigenvalue weighted by molar-refractivity contribution is -0.132. The molecular formula is C20H20N4O2S. The summed E-state index contributed by atoms with van der Waals surface area (Å²) in [6.07, 6.45) is 3.68. The first kappa shape index (κ1) is 17.6. The minimum atomic E-state index is -0.126. The molecule has 0 bridgehead atoms. The quantitative estimate of drug-likeness (QED) is 0.698. The van der Waals surface area contributed by atoms with E-state index in [1.807, 2.05) is 40.6 Å². The molecule has 4 rings (SSSR count). The summed E-state index contributed by atoms with van der Waals surface area (Å²) in [6, 6.07) is 12.8. The molecule has 0 saturated carbocycles. The number of amides is 1. The topological polar surface area (TPSA) is 68.1 Å². The smallest absolute Gasteiger partial charge is 0.267 e. The van der Waals surface area contributed by atoms with Gasteiger partial charge < -0.3 is 4.90 Å². The Morgan fingerprint density at radius 1 is 1.19 bits per heavy atom. The highest BCUT2D eigenvalue weighted by Crippen LogP contribution is 2.24. The molecule has 3 aromatic heterocycles. The second kappa shape index (κ2) is 7.84. The molecule has 1 aliphatic rings. The molecule has 1 amide bonds. The van der Waals surface area contributed by atoms with Crippen molar-refractivity contribution in [3.05, 3.63) is 70.1 Å². The van der Waals surface area contributed by atoms with Crippen LogP contribution in [0.2, 0.25) is 0 Å². The van der Waals surface area contributed by atoms with Crippen molar-refractivity contribution >= 4 is 17.2 Å². The third kappa shape index (κ3) is 3.98. The van der Waals surface area contributed by atoms with Crippen LogP contribution >= 0.6 is 11.3 Å². The number of thiophene rings is 1. The van der Waals surface area contributed by atoms with E-state index in [1.54, 1.807) is 34.3 Å². The van der Waals surface area contributed by atoms with E-state index in [1.165, 1.54) is 0 Å². The lowest BCUT2D eigenvalue weighted by atomic mass is 10.0. The molecule has 0 aromatic carbocycles. The molecule has 1 atom stereocenters. The summed E-state index contributed by atoms with van der Waals surface area (Å²) in [5.41, 5.74) is 1.43. The summed E-state index contributed by atoms with van der Waals surface area (Å²) in [5, 5.41) is 6.57. The van der Waals surface area contributed by atoms with Crippen molar-refractivity contribution in [1.29, 1.82) is 0 Å². The van der Waals surface area contributed by atoms with E-state index in [2.05, 4.69) is 10.1 Å². The van der Waals surface area contributed by atoms with Crippen molar-refractivity contribution in [3.8, 4) is 10.6 Å². The predicted molar refractivity (Wildman–Crippen MR) is 105 cm³/mol. The number of carbonyl (C=O) groups is 1. The summed E-state index contributed by atoms with van der Waals surface area (Å²) in [5.74, 6) is 0.0425. The highest BCUT2D eigenvalue weighted by Gasteiger charge is 2.26. The maximum Gasteiger partial charge on any atom is 0.267 e. The molecule has 1 aliphatic heterocycles. The van der Waals surface area contributed by atoms with E-state index < -0.39 is 0 Å². The van der Waals surface area contributed by atoms with E-state index in [0.717, 1.165) is 29.1 Å². The number of pyridine rings is 1. The Hall–Kier alpha value is -2.80. The summed E-state index contributed by atoms with van der Waals surface area (Å²) in [6.45, 7) is 1.22. The molecule has 6 nitrogen and oxygen atoms in total. The molecule has 0 aliphatic carbocycles. The Morgan fingerprint density at radius 2 is 2.11 bits per heavy atom. The van der Waals surface area contributed by atoms with Gasteiger partial charge in [-0.15, -0.1) is 11.3 Å². The van der Waals surface area contributed by atoms with Crippen LogP contribution in [-0.2, 0) is 11.2 Å². The van der Waals surface area contributed by atoms with Crippen LogP contribution in [0.4, 0.5) is 0 Å². The normalized spacial score (nSPS) is 17.0. The summed E-state index contributed by atoms with van der Waals surface area (Å²) in [4.78, 5) is 32.2. The molecule has 0 unspecified atom stereocenters. The Kier molecular flexibility index (Phi) is 5.11. The number of nitrogens with zero attached hydrogens (tertiary/aromatic N) is 4. The zero-order valence-electron chi connectivity index (χ0n) is 14.8. The molecule has 4 heterocycles. The molecule has 138 valence electrons. The molecule has 0 radical (unpaired) electrons. The van der Waals surface area contributed by atoms with Crippen LogP contribution in [0.1, 0.15) is 24.6 Å². The fourth-order valence-corrected chi connectivity index (χ4v) is 4.08. The van der Waals surface area contributed by atoms with Gasteiger partial charge in [-0.3, -0.25) is 14.6 Å². The van der Waals surface area contributed by atoms with Crippen molar-refractivity contribution in [2.24, 2.45) is 0 Å². The first-order valence-corrected chi connectivity index (χ1v) is 9.90. The van der Waals surface area contributed by atoms with Crippen molar-refractivity contribution in [3.63, 3.8) is 0 Å². The van der Waals surface area contributed by atoms with E-state index in [4.69, 9.17) is 0 Å². The summed E-state index contributed by atoms with van der Waals surface area (Å²) >= 11 is 1.59. The van der Waals surface area contributed by atoms with Gasteiger partial charge in [0, 0.05) is 31.0 Å². The SMILES string of the molecule is O=C(Cc1ccccn1)N1CCC[C@H](n2nc(-c3cccs3)ccc2=O)C1. The van der Waals surface area contributed by atoms with Crippen LogP contribution in [0.15, 0.2) is 58.8 Å². The van der Waals surface area contributed by atoms with Crippen LogP contribution < -0.4 is 5.56 Å². The zero-order valence-corrected chi connectivity index (χ0v) is 15.6. The van der Waals surface area contributed by atoms with Crippen LogP contribution in [-0.4, -0.2) is 38.7 Å². The van der Waals surface area contributed by atoms with Gasteiger partial charge in [0.25, 0.3) is 5.56 Å². The second-order valence-corrected chi connectivity index (χ2v) is 7.56. The Labute approximate surface area is 161 Å². The molecule has 7 heteroatoms. The van der Waals surface area contributed by atoms with Crippen molar-refractivity contribution in [2.75, 3.05) is 13.1 Å². The molecule has 1 saturated heterocycles. The van der Waals surface area contributed by atoms with Gasteiger partial charge in [-0.05, 0) is 42.5 Å². The number of hydrogen-bond acceptors (Lipinski definition) is 5. The first-order valence-electron chi connectivity index (χ1n) is 9.02. The van der Waals surface area contributed by atoms with Crippen molar-refractivity contribution in [1.82, 2.24) is 19.7 Å². The van der Waals surface area contributed by atoms with E-state index in [-0.39, 0.29) is 23.9 Å². The molecule has 0 N–H and O–H groups in total. The van der Waals surface area contributed by atoms with Crippen LogP contribution in [0, 0.1) is 0 Å². The number of hydrogen-bond donors (Lipinski definition) is 0. The van der Waals surface area contributed by atoms with Gasteiger partial charge in [-0.1, -0.05) is 12.1 Å². The third-order valence-corrected chi connectivity index (χ3v) is 5.64. The lowest BCUT2D eigenvalue weighted by Gasteiger charge is -2.33. The monoisotopic (exact) mass is 380 g/mol. The fraction of sp³-hybridized carbons (Fsp3) is 0.300. The number of aromatic nitrogens is 3. The van der Waals surface area contributed by atoms with Gasteiger partial charge in [0.2, 0.25) is 5.91 Å². The Morgan fingerprint density at radius 3 is 2.89 bits per heavy atom. The minimum absolute atomic E-state index is 0.0425. The fourth-order valence-electron chi connectivity index (χ4n) is 3.39. The largest absolute Gasteiger partial charge is 0.340 e. The average Bonchev–Trinajstić information content (AvgIpc) is 3.24. The van der Waals surface area contributed by atoms with Gasteiger partial charge in [0.1, 0.15) is 5.69 Å². The maximum atomic E-state index is 12.7. The zero-order chi connectivity index (χ0) is 18.6. The second-order valence-electron chi connectivity index (χ2n) is 6.61. The molecule has 0 spiro atoms. The predicted octanol–water partition coefficient (Wildman–Crippen LogP) is 2.77. The first-order chi connectivity index (χ1) is 13.2. The third-order valence-electron chi connectivity index (χ3n) is 4.75. The highest BCUT2D eigenvalue weighted by molar-refractivity contribution is 7.13.